The zero-order chi connectivity index (χ0) is 18.7. The molecule has 142 valence electrons. The predicted molar refractivity (Wildman–Crippen MR) is 84.8 cm³/mol. The lowest BCUT2D eigenvalue weighted by Gasteiger charge is -2.35. The van der Waals surface area contributed by atoms with Gasteiger partial charge >= 0.3 is 6.36 Å². The Morgan fingerprint density at radius 1 is 1.20 bits per heavy atom. The highest BCUT2D eigenvalue weighted by Crippen LogP contribution is 2.23. The number of halogens is 3. The van der Waals surface area contributed by atoms with Crippen LogP contribution in [0.2, 0.25) is 0 Å². The standard InChI is InChI=1S/C15H21F3N2O4S/c1-11-9-20(10-12(2)23-11)8-7-19-25(21,22)14-5-3-13(4-6-14)24-15(16,17)18/h3-6,11-12,19H,7-10H2,1-2H3. The van der Waals surface area contributed by atoms with Crippen LogP contribution in [0.1, 0.15) is 13.8 Å². The molecule has 1 aliphatic rings. The maximum absolute atomic E-state index is 12.2. The number of morpholine rings is 1. The fraction of sp³-hybridized carbons (Fsp3) is 0.600. The van der Waals surface area contributed by atoms with Crippen molar-refractivity contribution in [3.05, 3.63) is 24.3 Å². The van der Waals surface area contributed by atoms with Gasteiger partial charge in [-0.2, -0.15) is 0 Å². The van der Waals surface area contributed by atoms with Crippen LogP contribution in [0.4, 0.5) is 13.2 Å². The second-order valence-corrected chi connectivity index (χ2v) is 7.70. The third-order valence-electron chi connectivity index (χ3n) is 3.58. The number of ether oxygens (including phenoxy) is 2. The molecule has 2 unspecified atom stereocenters. The largest absolute Gasteiger partial charge is 0.573 e. The van der Waals surface area contributed by atoms with Crippen molar-refractivity contribution >= 4 is 10.0 Å². The second kappa shape index (κ2) is 7.90. The van der Waals surface area contributed by atoms with Crippen molar-refractivity contribution in [2.75, 3.05) is 26.2 Å². The molecule has 0 radical (unpaired) electrons. The number of sulfonamides is 1. The zero-order valence-corrected chi connectivity index (χ0v) is 14.7. The van der Waals surface area contributed by atoms with E-state index < -0.39 is 22.1 Å². The third kappa shape index (κ3) is 6.46. The van der Waals surface area contributed by atoms with Crippen molar-refractivity contribution in [1.29, 1.82) is 0 Å². The average Bonchev–Trinajstić information content (AvgIpc) is 2.45. The van der Waals surface area contributed by atoms with Gasteiger partial charge in [-0.05, 0) is 38.1 Å². The summed E-state index contributed by atoms with van der Waals surface area (Å²) in [6.07, 6.45) is -4.64. The van der Waals surface area contributed by atoms with Crippen molar-refractivity contribution in [2.45, 2.75) is 37.3 Å². The highest BCUT2D eigenvalue weighted by atomic mass is 32.2. The van der Waals surface area contributed by atoms with E-state index in [9.17, 15) is 21.6 Å². The Morgan fingerprint density at radius 3 is 2.28 bits per heavy atom. The van der Waals surface area contributed by atoms with E-state index in [1.807, 2.05) is 13.8 Å². The van der Waals surface area contributed by atoms with Gasteiger partial charge in [0.2, 0.25) is 10.0 Å². The molecule has 1 saturated heterocycles. The lowest BCUT2D eigenvalue weighted by Crippen LogP contribution is -2.47. The lowest BCUT2D eigenvalue weighted by molar-refractivity contribution is -0.274. The summed E-state index contributed by atoms with van der Waals surface area (Å²) in [5.41, 5.74) is 0. The Balaban J connectivity index is 1.88. The molecule has 25 heavy (non-hydrogen) atoms. The molecular weight excluding hydrogens is 361 g/mol. The molecule has 0 amide bonds. The monoisotopic (exact) mass is 382 g/mol. The SMILES string of the molecule is CC1CN(CCNS(=O)(=O)c2ccc(OC(F)(F)F)cc2)CC(C)O1. The van der Waals surface area contributed by atoms with Gasteiger partial charge in [0.1, 0.15) is 5.75 Å². The van der Waals surface area contributed by atoms with E-state index in [1.165, 1.54) is 0 Å². The lowest BCUT2D eigenvalue weighted by atomic mass is 10.2. The first-order valence-electron chi connectivity index (χ1n) is 7.78. The molecule has 1 aliphatic heterocycles. The molecular formula is C15H21F3N2O4S. The van der Waals surface area contributed by atoms with Crippen LogP contribution in [-0.4, -0.2) is 58.1 Å². The van der Waals surface area contributed by atoms with E-state index in [0.29, 0.717) is 6.54 Å². The number of nitrogens with one attached hydrogen (secondary N) is 1. The van der Waals surface area contributed by atoms with Crippen LogP contribution in [0.25, 0.3) is 0 Å². The summed E-state index contributed by atoms with van der Waals surface area (Å²) in [7, 11) is -3.79. The maximum Gasteiger partial charge on any atom is 0.573 e. The van der Waals surface area contributed by atoms with Gasteiger partial charge in [0.05, 0.1) is 17.1 Å². The third-order valence-corrected chi connectivity index (χ3v) is 5.06. The summed E-state index contributed by atoms with van der Waals surface area (Å²) < 4.78 is 72.5. The van der Waals surface area contributed by atoms with E-state index in [1.54, 1.807) is 0 Å². The van der Waals surface area contributed by atoms with Crippen LogP contribution in [0, 0.1) is 0 Å². The van der Waals surface area contributed by atoms with Gasteiger partial charge in [-0.15, -0.1) is 13.2 Å². The normalized spacial score (nSPS) is 22.8. The molecule has 2 rings (SSSR count). The molecule has 1 fully saturated rings. The second-order valence-electron chi connectivity index (χ2n) is 5.93. The van der Waals surface area contributed by atoms with Crippen molar-refractivity contribution in [3.8, 4) is 5.75 Å². The number of hydrogen-bond donors (Lipinski definition) is 1. The molecule has 10 heteroatoms. The Kier molecular flexibility index (Phi) is 6.30. The summed E-state index contributed by atoms with van der Waals surface area (Å²) in [6, 6.07) is 4.07. The van der Waals surface area contributed by atoms with Gasteiger partial charge in [0, 0.05) is 26.2 Å². The molecule has 6 nitrogen and oxygen atoms in total. The Bertz CT molecular complexity index is 654. The van der Waals surface area contributed by atoms with E-state index in [4.69, 9.17) is 4.74 Å². The summed E-state index contributed by atoms with van der Waals surface area (Å²) in [5, 5.41) is 0. The van der Waals surface area contributed by atoms with Crippen LogP contribution in [-0.2, 0) is 14.8 Å². The van der Waals surface area contributed by atoms with Crippen molar-refractivity contribution in [1.82, 2.24) is 9.62 Å². The van der Waals surface area contributed by atoms with E-state index in [0.717, 1.165) is 37.4 Å². The molecule has 0 spiro atoms. The van der Waals surface area contributed by atoms with Crippen LogP contribution in [0.15, 0.2) is 29.2 Å². The number of alkyl halides is 3. The van der Waals surface area contributed by atoms with E-state index >= 15 is 0 Å². The first-order chi connectivity index (χ1) is 11.5. The van der Waals surface area contributed by atoms with Crippen LogP contribution in [0.5, 0.6) is 5.75 Å². The fourth-order valence-electron chi connectivity index (χ4n) is 2.71. The van der Waals surface area contributed by atoms with Gasteiger partial charge < -0.3 is 9.47 Å². The predicted octanol–water partition coefficient (Wildman–Crippen LogP) is 1.97. The molecule has 1 aromatic rings. The minimum Gasteiger partial charge on any atom is -0.406 e. The maximum atomic E-state index is 12.2. The van der Waals surface area contributed by atoms with Gasteiger partial charge in [-0.25, -0.2) is 13.1 Å². The summed E-state index contributed by atoms with van der Waals surface area (Å²) in [6.45, 7) is 6.06. The molecule has 1 heterocycles. The Hall–Kier alpha value is -1.36. The van der Waals surface area contributed by atoms with E-state index in [-0.39, 0.29) is 23.6 Å². The molecule has 0 aliphatic carbocycles. The molecule has 1 N–H and O–H groups in total. The van der Waals surface area contributed by atoms with Crippen molar-refractivity contribution < 1.29 is 31.1 Å². The number of benzene rings is 1. The molecule has 1 aromatic carbocycles. The first-order valence-corrected chi connectivity index (χ1v) is 9.27. The van der Waals surface area contributed by atoms with Gasteiger partial charge in [-0.1, -0.05) is 0 Å². The number of rotatable bonds is 6. The van der Waals surface area contributed by atoms with Gasteiger partial charge in [0.25, 0.3) is 0 Å². The quantitative estimate of drug-likeness (QED) is 0.815. The van der Waals surface area contributed by atoms with Gasteiger partial charge in [0.15, 0.2) is 0 Å². The van der Waals surface area contributed by atoms with Crippen LogP contribution < -0.4 is 9.46 Å². The van der Waals surface area contributed by atoms with Crippen molar-refractivity contribution in [3.63, 3.8) is 0 Å². The summed E-state index contributed by atoms with van der Waals surface area (Å²) in [5.74, 6) is -0.470. The van der Waals surface area contributed by atoms with Crippen molar-refractivity contribution in [2.24, 2.45) is 0 Å². The fourth-order valence-corrected chi connectivity index (χ4v) is 3.73. The average molecular weight is 382 g/mol. The molecule has 2 atom stereocenters. The smallest absolute Gasteiger partial charge is 0.406 e. The Labute approximate surface area is 145 Å². The number of nitrogens with zero attached hydrogens (tertiary/aromatic N) is 1. The highest BCUT2D eigenvalue weighted by Gasteiger charge is 2.31. The first kappa shape index (κ1) is 20.0. The summed E-state index contributed by atoms with van der Waals surface area (Å²) >= 11 is 0. The summed E-state index contributed by atoms with van der Waals surface area (Å²) in [4.78, 5) is 1.98. The van der Waals surface area contributed by atoms with Gasteiger partial charge in [-0.3, -0.25) is 4.90 Å². The highest BCUT2D eigenvalue weighted by molar-refractivity contribution is 7.89. The Morgan fingerprint density at radius 2 is 1.76 bits per heavy atom. The van der Waals surface area contributed by atoms with Crippen LogP contribution in [0.3, 0.4) is 0 Å². The van der Waals surface area contributed by atoms with Crippen LogP contribution >= 0.6 is 0 Å². The topological polar surface area (TPSA) is 67.9 Å². The van der Waals surface area contributed by atoms with E-state index in [2.05, 4.69) is 14.4 Å². The minimum atomic E-state index is -4.81. The zero-order valence-electron chi connectivity index (χ0n) is 13.9. The number of hydrogen-bond acceptors (Lipinski definition) is 5. The molecule has 0 bridgehead atoms. The minimum absolute atomic E-state index is 0.0848. The molecule has 0 aromatic heterocycles. The molecule has 0 saturated carbocycles.